The number of para-hydroxylation sites is 1. The monoisotopic (exact) mass is 314 g/mol. The van der Waals surface area contributed by atoms with Gasteiger partial charge in [0.25, 0.3) is 0 Å². The lowest BCUT2D eigenvalue weighted by Crippen LogP contribution is -2.27. The highest BCUT2D eigenvalue weighted by Crippen LogP contribution is 2.17. The third-order valence-electron chi connectivity index (χ3n) is 3.24. The maximum atomic E-state index is 11.9. The van der Waals surface area contributed by atoms with Gasteiger partial charge in [0.05, 0.1) is 20.3 Å². The highest BCUT2D eigenvalue weighted by Gasteiger charge is 2.05. The summed E-state index contributed by atoms with van der Waals surface area (Å²) in [5.74, 6) is 1.51. The van der Waals surface area contributed by atoms with E-state index >= 15 is 0 Å². The average Bonchev–Trinajstić information content (AvgIpc) is 2.57. The van der Waals surface area contributed by atoms with Gasteiger partial charge < -0.3 is 20.1 Å². The van der Waals surface area contributed by atoms with Gasteiger partial charge in [0.1, 0.15) is 11.5 Å². The van der Waals surface area contributed by atoms with Crippen molar-refractivity contribution >= 4 is 11.6 Å². The van der Waals surface area contributed by atoms with Gasteiger partial charge in [-0.05, 0) is 37.3 Å². The second-order valence-electron chi connectivity index (χ2n) is 4.92. The molecule has 5 nitrogen and oxygen atoms in total. The summed E-state index contributed by atoms with van der Waals surface area (Å²) >= 11 is 0. The van der Waals surface area contributed by atoms with Crippen LogP contribution < -0.4 is 20.1 Å². The van der Waals surface area contributed by atoms with Gasteiger partial charge in [-0.2, -0.15) is 0 Å². The number of rotatable bonds is 8. The van der Waals surface area contributed by atoms with E-state index in [0.717, 1.165) is 22.7 Å². The minimum atomic E-state index is -0.0935. The van der Waals surface area contributed by atoms with E-state index in [1.807, 2.05) is 55.5 Å². The number of amides is 1. The predicted molar refractivity (Wildman–Crippen MR) is 90.9 cm³/mol. The molecule has 0 heterocycles. The van der Waals surface area contributed by atoms with E-state index < -0.39 is 0 Å². The largest absolute Gasteiger partial charge is 0.496 e. The van der Waals surface area contributed by atoms with Gasteiger partial charge in [0.15, 0.2) is 0 Å². The van der Waals surface area contributed by atoms with Crippen molar-refractivity contribution in [2.24, 2.45) is 0 Å². The zero-order valence-corrected chi connectivity index (χ0v) is 13.5. The van der Waals surface area contributed by atoms with E-state index in [-0.39, 0.29) is 12.5 Å². The van der Waals surface area contributed by atoms with Gasteiger partial charge in [-0.3, -0.25) is 4.79 Å². The number of hydrogen-bond acceptors (Lipinski definition) is 4. The first kappa shape index (κ1) is 16.8. The van der Waals surface area contributed by atoms with Crippen molar-refractivity contribution in [2.45, 2.75) is 13.5 Å². The third-order valence-corrected chi connectivity index (χ3v) is 3.24. The Hall–Kier alpha value is -2.53. The molecule has 0 radical (unpaired) electrons. The summed E-state index contributed by atoms with van der Waals surface area (Å²) in [7, 11) is 1.64. The molecule has 2 N–H and O–H groups in total. The maximum Gasteiger partial charge on any atom is 0.238 e. The molecule has 1 amide bonds. The van der Waals surface area contributed by atoms with Crippen LogP contribution in [0.2, 0.25) is 0 Å². The van der Waals surface area contributed by atoms with Crippen molar-refractivity contribution in [1.29, 1.82) is 0 Å². The van der Waals surface area contributed by atoms with E-state index in [0.29, 0.717) is 13.2 Å². The molecular weight excluding hydrogens is 292 g/mol. The molecule has 122 valence electrons. The van der Waals surface area contributed by atoms with Crippen molar-refractivity contribution in [2.75, 3.05) is 25.6 Å². The van der Waals surface area contributed by atoms with Crippen LogP contribution in [-0.4, -0.2) is 26.2 Å². The molecule has 2 rings (SSSR count). The summed E-state index contributed by atoms with van der Waals surface area (Å²) < 4.78 is 10.6. The van der Waals surface area contributed by atoms with E-state index in [1.54, 1.807) is 7.11 Å². The Morgan fingerprint density at radius 1 is 1.09 bits per heavy atom. The average molecular weight is 314 g/mol. The lowest BCUT2D eigenvalue weighted by Gasteiger charge is -2.10. The molecule has 0 bridgehead atoms. The smallest absolute Gasteiger partial charge is 0.238 e. The molecule has 0 saturated heterocycles. The first-order valence-corrected chi connectivity index (χ1v) is 7.58. The van der Waals surface area contributed by atoms with Crippen LogP contribution in [0.1, 0.15) is 12.5 Å². The van der Waals surface area contributed by atoms with Crippen LogP contribution in [0.3, 0.4) is 0 Å². The van der Waals surface area contributed by atoms with Crippen LogP contribution in [-0.2, 0) is 11.3 Å². The number of anilines is 1. The highest BCUT2D eigenvalue weighted by atomic mass is 16.5. The second-order valence-corrected chi connectivity index (χ2v) is 4.92. The van der Waals surface area contributed by atoms with Gasteiger partial charge in [-0.15, -0.1) is 0 Å². The van der Waals surface area contributed by atoms with E-state index in [9.17, 15) is 4.79 Å². The lowest BCUT2D eigenvalue weighted by atomic mass is 10.2. The molecule has 2 aromatic carbocycles. The molecule has 0 aromatic heterocycles. The summed E-state index contributed by atoms with van der Waals surface area (Å²) in [5, 5.41) is 5.95. The van der Waals surface area contributed by atoms with E-state index in [1.165, 1.54) is 0 Å². The zero-order valence-electron chi connectivity index (χ0n) is 13.5. The molecule has 0 spiro atoms. The van der Waals surface area contributed by atoms with Crippen LogP contribution >= 0.6 is 0 Å². The molecule has 2 aromatic rings. The Labute approximate surface area is 136 Å². The summed E-state index contributed by atoms with van der Waals surface area (Å²) in [6, 6.07) is 15.0. The fourth-order valence-corrected chi connectivity index (χ4v) is 2.17. The van der Waals surface area contributed by atoms with Crippen molar-refractivity contribution < 1.29 is 14.3 Å². The third kappa shape index (κ3) is 5.30. The number of hydrogen-bond donors (Lipinski definition) is 2. The number of carbonyl (C=O) groups excluding carboxylic acids is 1. The van der Waals surface area contributed by atoms with Crippen LogP contribution in [0.5, 0.6) is 11.5 Å². The Kier molecular flexibility index (Phi) is 6.44. The molecule has 23 heavy (non-hydrogen) atoms. The topological polar surface area (TPSA) is 59.6 Å². The zero-order chi connectivity index (χ0) is 16.5. The summed E-state index contributed by atoms with van der Waals surface area (Å²) in [5.41, 5.74) is 1.77. The number of methoxy groups -OCH3 is 1. The van der Waals surface area contributed by atoms with Crippen LogP contribution in [0.4, 0.5) is 5.69 Å². The predicted octanol–water partition coefficient (Wildman–Crippen LogP) is 2.82. The molecule has 0 saturated carbocycles. The van der Waals surface area contributed by atoms with E-state index in [2.05, 4.69) is 10.6 Å². The molecule has 0 aliphatic rings. The SMILES string of the molecule is CCOc1ccc(NC(=O)CNCc2ccccc2OC)cc1. The number of nitrogens with one attached hydrogen (secondary N) is 2. The minimum Gasteiger partial charge on any atom is -0.496 e. The first-order chi connectivity index (χ1) is 11.2. The Morgan fingerprint density at radius 3 is 2.52 bits per heavy atom. The summed E-state index contributed by atoms with van der Waals surface area (Å²) in [6.07, 6.45) is 0. The van der Waals surface area contributed by atoms with Crippen molar-refractivity contribution in [3.63, 3.8) is 0 Å². The van der Waals surface area contributed by atoms with Crippen LogP contribution in [0.25, 0.3) is 0 Å². The van der Waals surface area contributed by atoms with Crippen LogP contribution in [0.15, 0.2) is 48.5 Å². The molecule has 0 fully saturated rings. The second kappa shape index (κ2) is 8.80. The van der Waals surface area contributed by atoms with Gasteiger partial charge in [-0.25, -0.2) is 0 Å². The summed E-state index contributed by atoms with van der Waals surface area (Å²) in [4.78, 5) is 11.9. The molecule has 0 atom stereocenters. The number of carbonyl (C=O) groups is 1. The fourth-order valence-electron chi connectivity index (χ4n) is 2.17. The Morgan fingerprint density at radius 2 is 1.83 bits per heavy atom. The number of ether oxygens (including phenoxy) is 2. The lowest BCUT2D eigenvalue weighted by molar-refractivity contribution is -0.115. The van der Waals surface area contributed by atoms with Crippen LogP contribution in [0, 0.1) is 0 Å². The van der Waals surface area contributed by atoms with Crippen molar-refractivity contribution in [3.8, 4) is 11.5 Å². The van der Waals surface area contributed by atoms with Crippen molar-refractivity contribution in [1.82, 2.24) is 5.32 Å². The van der Waals surface area contributed by atoms with Gasteiger partial charge in [0, 0.05) is 17.8 Å². The normalized spacial score (nSPS) is 10.2. The van der Waals surface area contributed by atoms with Gasteiger partial charge in [0.2, 0.25) is 5.91 Å². The van der Waals surface area contributed by atoms with Gasteiger partial charge >= 0.3 is 0 Å². The molecular formula is C18H22N2O3. The van der Waals surface area contributed by atoms with E-state index in [4.69, 9.17) is 9.47 Å². The van der Waals surface area contributed by atoms with Gasteiger partial charge in [-0.1, -0.05) is 18.2 Å². The molecule has 5 heteroatoms. The Balaban J connectivity index is 1.78. The minimum absolute atomic E-state index is 0.0935. The Bertz CT molecular complexity index is 626. The first-order valence-electron chi connectivity index (χ1n) is 7.58. The molecule has 0 aliphatic heterocycles. The maximum absolute atomic E-state index is 11.9. The number of benzene rings is 2. The van der Waals surface area contributed by atoms with Crippen molar-refractivity contribution in [3.05, 3.63) is 54.1 Å². The highest BCUT2D eigenvalue weighted by molar-refractivity contribution is 5.92. The molecule has 0 unspecified atom stereocenters. The standard InChI is InChI=1S/C18H22N2O3/c1-3-23-16-10-8-15(9-11-16)20-18(21)13-19-12-14-6-4-5-7-17(14)22-2/h4-11,19H,3,12-13H2,1-2H3,(H,20,21). The fraction of sp³-hybridized carbons (Fsp3) is 0.278. The summed E-state index contributed by atoms with van der Waals surface area (Å²) in [6.45, 7) is 3.35. The molecule has 0 aliphatic carbocycles. The quantitative estimate of drug-likeness (QED) is 0.786.